The summed E-state index contributed by atoms with van der Waals surface area (Å²) in [5.41, 5.74) is 2.56. The van der Waals surface area contributed by atoms with Gasteiger partial charge in [-0.1, -0.05) is 24.6 Å². The van der Waals surface area contributed by atoms with Crippen molar-refractivity contribution in [2.45, 2.75) is 37.8 Å². The molecule has 0 aliphatic carbocycles. The summed E-state index contributed by atoms with van der Waals surface area (Å²) in [6.45, 7) is 6.23. The Morgan fingerprint density at radius 3 is 2.65 bits per heavy atom. The van der Waals surface area contributed by atoms with Crippen LogP contribution in [-0.2, 0) is 12.2 Å². The second-order valence-corrected chi connectivity index (χ2v) is 5.02. The average Bonchev–Trinajstić information content (AvgIpc) is 2.78. The van der Waals surface area contributed by atoms with E-state index in [1.807, 2.05) is 6.92 Å². The Labute approximate surface area is 106 Å². The molecule has 0 fully saturated rings. The maximum absolute atomic E-state index is 5.48. The summed E-state index contributed by atoms with van der Waals surface area (Å²) >= 11 is 1.74. The van der Waals surface area contributed by atoms with E-state index in [0.29, 0.717) is 11.8 Å². The van der Waals surface area contributed by atoms with Crippen LogP contribution in [0.4, 0.5) is 0 Å². The second-order valence-electron chi connectivity index (χ2n) is 4.00. The van der Waals surface area contributed by atoms with Crippen LogP contribution in [0.5, 0.6) is 0 Å². The zero-order chi connectivity index (χ0) is 12.3. The van der Waals surface area contributed by atoms with Crippen LogP contribution in [0.25, 0.3) is 0 Å². The topological polar surface area (TPSA) is 38.9 Å². The first kappa shape index (κ1) is 12.2. The molecule has 4 heteroatoms. The van der Waals surface area contributed by atoms with Crippen molar-refractivity contribution in [2.75, 3.05) is 0 Å². The molecule has 17 heavy (non-hydrogen) atoms. The van der Waals surface area contributed by atoms with Crippen LogP contribution in [0, 0.1) is 13.8 Å². The molecule has 0 amide bonds. The molecule has 2 aromatic rings. The fourth-order valence-electron chi connectivity index (χ4n) is 1.49. The highest BCUT2D eigenvalue weighted by Gasteiger charge is 2.06. The van der Waals surface area contributed by atoms with Gasteiger partial charge in [0.1, 0.15) is 0 Å². The molecule has 1 aromatic heterocycles. The lowest BCUT2D eigenvalue weighted by molar-refractivity contribution is 0.470. The highest BCUT2D eigenvalue weighted by Crippen LogP contribution is 2.26. The molecule has 0 spiro atoms. The van der Waals surface area contributed by atoms with Crippen LogP contribution < -0.4 is 0 Å². The van der Waals surface area contributed by atoms with E-state index in [1.54, 1.807) is 11.8 Å². The number of nitrogens with zero attached hydrogens (tertiary/aromatic N) is 2. The van der Waals surface area contributed by atoms with Crippen molar-refractivity contribution < 1.29 is 4.42 Å². The standard InChI is InChI=1S/C13H16N2OS/c1-4-12-14-15-13(16-12)8-17-11-7-9(2)5-6-10(11)3/h5-7H,4,8H2,1-3H3. The molecule has 1 aromatic carbocycles. The van der Waals surface area contributed by atoms with Gasteiger partial charge in [0.2, 0.25) is 11.8 Å². The zero-order valence-electron chi connectivity index (χ0n) is 10.4. The van der Waals surface area contributed by atoms with Crippen molar-refractivity contribution in [3.05, 3.63) is 41.1 Å². The smallest absolute Gasteiger partial charge is 0.226 e. The van der Waals surface area contributed by atoms with Gasteiger partial charge in [0, 0.05) is 11.3 Å². The number of hydrogen-bond acceptors (Lipinski definition) is 4. The van der Waals surface area contributed by atoms with E-state index in [4.69, 9.17) is 4.42 Å². The van der Waals surface area contributed by atoms with Crippen molar-refractivity contribution in [3.63, 3.8) is 0 Å². The van der Waals surface area contributed by atoms with E-state index in [2.05, 4.69) is 42.2 Å². The largest absolute Gasteiger partial charge is 0.424 e. The Hall–Kier alpha value is -1.29. The fourth-order valence-corrected chi connectivity index (χ4v) is 2.45. The van der Waals surface area contributed by atoms with Crippen LogP contribution in [0.3, 0.4) is 0 Å². The van der Waals surface area contributed by atoms with Crippen molar-refractivity contribution in [1.82, 2.24) is 10.2 Å². The van der Waals surface area contributed by atoms with E-state index >= 15 is 0 Å². The molecule has 90 valence electrons. The van der Waals surface area contributed by atoms with Gasteiger partial charge in [-0.15, -0.1) is 22.0 Å². The number of hydrogen-bond donors (Lipinski definition) is 0. The Balaban J connectivity index is 2.04. The van der Waals surface area contributed by atoms with Crippen molar-refractivity contribution in [2.24, 2.45) is 0 Å². The first-order valence-corrected chi connectivity index (χ1v) is 6.69. The summed E-state index contributed by atoms with van der Waals surface area (Å²) in [6.07, 6.45) is 0.793. The third-order valence-electron chi connectivity index (χ3n) is 2.51. The molecule has 0 bridgehead atoms. The zero-order valence-corrected chi connectivity index (χ0v) is 11.2. The molecule has 1 heterocycles. The van der Waals surface area contributed by atoms with Crippen LogP contribution in [0.15, 0.2) is 27.5 Å². The van der Waals surface area contributed by atoms with Crippen molar-refractivity contribution in [3.8, 4) is 0 Å². The third kappa shape index (κ3) is 3.09. The lowest BCUT2D eigenvalue weighted by atomic mass is 10.2. The Bertz CT molecular complexity index is 508. The van der Waals surface area contributed by atoms with Gasteiger partial charge < -0.3 is 4.42 Å². The van der Waals surface area contributed by atoms with Crippen molar-refractivity contribution in [1.29, 1.82) is 0 Å². The second kappa shape index (κ2) is 5.36. The first-order chi connectivity index (χ1) is 8.19. The highest BCUT2D eigenvalue weighted by molar-refractivity contribution is 7.98. The Morgan fingerprint density at radius 1 is 1.18 bits per heavy atom. The molecule has 2 rings (SSSR count). The SMILES string of the molecule is CCc1nnc(CSc2cc(C)ccc2C)o1. The highest BCUT2D eigenvalue weighted by atomic mass is 32.2. The van der Waals surface area contributed by atoms with E-state index in [1.165, 1.54) is 16.0 Å². The minimum atomic E-state index is 0.702. The van der Waals surface area contributed by atoms with Gasteiger partial charge >= 0.3 is 0 Å². The molecule has 0 N–H and O–H groups in total. The predicted molar refractivity (Wildman–Crippen MR) is 69.2 cm³/mol. The molecular formula is C13H16N2OS. The van der Waals surface area contributed by atoms with E-state index in [9.17, 15) is 0 Å². The number of aryl methyl sites for hydroxylation is 3. The summed E-state index contributed by atoms with van der Waals surface area (Å²) in [5, 5.41) is 7.97. The van der Waals surface area contributed by atoms with E-state index in [0.717, 1.165) is 12.2 Å². The summed E-state index contributed by atoms with van der Waals surface area (Å²) in [4.78, 5) is 1.28. The average molecular weight is 248 g/mol. The molecule has 0 saturated heterocycles. The minimum Gasteiger partial charge on any atom is -0.424 e. The van der Waals surface area contributed by atoms with Gasteiger partial charge in [0.05, 0.1) is 5.75 Å². The van der Waals surface area contributed by atoms with Gasteiger partial charge in [0.25, 0.3) is 0 Å². The van der Waals surface area contributed by atoms with Crippen LogP contribution in [-0.4, -0.2) is 10.2 Å². The number of benzene rings is 1. The van der Waals surface area contributed by atoms with Gasteiger partial charge in [-0.2, -0.15) is 0 Å². The maximum atomic E-state index is 5.48. The number of aromatic nitrogens is 2. The summed E-state index contributed by atoms with van der Waals surface area (Å²) < 4.78 is 5.48. The fraction of sp³-hybridized carbons (Fsp3) is 0.385. The van der Waals surface area contributed by atoms with Crippen LogP contribution in [0.1, 0.15) is 29.8 Å². The first-order valence-electron chi connectivity index (χ1n) is 5.70. The van der Waals surface area contributed by atoms with E-state index < -0.39 is 0 Å². The van der Waals surface area contributed by atoms with Gasteiger partial charge in [-0.3, -0.25) is 0 Å². The van der Waals surface area contributed by atoms with Gasteiger partial charge in [-0.25, -0.2) is 0 Å². The van der Waals surface area contributed by atoms with E-state index in [-0.39, 0.29) is 0 Å². The molecule has 3 nitrogen and oxygen atoms in total. The van der Waals surface area contributed by atoms with Crippen LogP contribution in [0.2, 0.25) is 0 Å². The molecule has 0 radical (unpaired) electrons. The van der Waals surface area contributed by atoms with Crippen LogP contribution >= 0.6 is 11.8 Å². The monoisotopic (exact) mass is 248 g/mol. The summed E-state index contributed by atoms with van der Waals surface area (Å²) in [6, 6.07) is 6.46. The lowest BCUT2D eigenvalue weighted by Crippen LogP contribution is -1.84. The minimum absolute atomic E-state index is 0.702. The predicted octanol–water partition coefficient (Wildman–Crippen LogP) is 3.54. The summed E-state index contributed by atoms with van der Waals surface area (Å²) in [5.74, 6) is 2.14. The maximum Gasteiger partial charge on any atom is 0.226 e. The number of thioether (sulfide) groups is 1. The number of rotatable bonds is 4. The Kier molecular flexibility index (Phi) is 3.84. The lowest BCUT2D eigenvalue weighted by Gasteiger charge is -2.04. The third-order valence-corrected chi connectivity index (χ3v) is 3.65. The molecule has 0 aliphatic rings. The van der Waals surface area contributed by atoms with Gasteiger partial charge in [-0.05, 0) is 25.5 Å². The molecule has 0 saturated carbocycles. The summed E-state index contributed by atoms with van der Waals surface area (Å²) in [7, 11) is 0. The quantitative estimate of drug-likeness (QED) is 0.776. The molecule has 0 atom stereocenters. The molecule has 0 aliphatic heterocycles. The normalized spacial score (nSPS) is 10.8. The molecule has 0 unspecified atom stereocenters. The Morgan fingerprint density at radius 2 is 1.94 bits per heavy atom. The molecular weight excluding hydrogens is 232 g/mol. The van der Waals surface area contributed by atoms with Crippen molar-refractivity contribution >= 4 is 11.8 Å². The van der Waals surface area contributed by atoms with Gasteiger partial charge in [0.15, 0.2) is 0 Å².